The number of carbonyl (C=O) groups excluding carboxylic acids is 1. The van der Waals surface area contributed by atoms with Crippen molar-refractivity contribution in [3.05, 3.63) is 53.9 Å². The number of aliphatic imine (C=N–C) groups is 1. The molecule has 0 aliphatic rings. The van der Waals surface area contributed by atoms with Crippen molar-refractivity contribution in [1.82, 2.24) is 25.7 Å². The van der Waals surface area contributed by atoms with Crippen LogP contribution in [0.1, 0.15) is 36.2 Å². The molecule has 26 heavy (non-hydrogen) atoms. The van der Waals surface area contributed by atoms with Crippen LogP contribution in [0.3, 0.4) is 0 Å². The third-order valence-electron chi connectivity index (χ3n) is 3.71. The van der Waals surface area contributed by atoms with Crippen molar-refractivity contribution < 1.29 is 4.79 Å². The van der Waals surface area contributed by atoms with Crippen molar-refractivity contribution >= 4 is 11.9 Å². The zero-order valence-corrected chi connectivity index (χ0v) is 15.5. The van der Waals surface area contributed by atoms with E-state index in [9.17, 15) is 4.79 Å². The standard InChI is InChI=1S/C19H28N6O/c1-3-20-18(26)17-9-5-8-16(14-17)15-23-19(21-4-2)22-10-6-12-25-13-7-11-24-25/h5,7-9,11,13-14H,3-4,6,10,12,15H2,1-2H3,(H,20,26)(H2,21,22,23). The van der Waals surface area contributed by atoms with Crippen molar-refractivity contribution in [2.24, 2.45) is 4.99 Å². The number of aromatic nitrogens is 2. The van der Waals surface area contributed by atoms with Gasteiger partial charge in [-0.2, -0.15) is 5.10 Å². The molecule has 2 rings (SSSR count). The molecule has 2 aromatic rings. The highest BCUT2D eigenvalue weighted by atomic mass is 16.1. The van der Waals surface area contributed by atoms with Gasteiger partial charge in [0.2, 0.25) is 0 Å². The van der Waals surface area contributed by atoms with Crippen LogP contribution < -0.4 is 16.0 Å². The fraction of sp³-hybridized carbons (Fsp3) is 0.421. The summed E-state index contributed by atoms with van der Waals surface area (Å²) in [6.45, 7) is 7.56. The number of amides is 1. The molecule has 0 radical (unpaired) electrons. The number of carbonyl (C=O) groups is 1. The van der Waals surface area contributed by atoms with Gasteiger partial charge >= 0.3 is 0 Å². The lowest BCUT2D eigenvalue weighted by molar-refractivity contribution is 0.0955. The highest BCUT2D eigenvalue weighted by Gasteiger charge is 2.05. The summed E-state index contributed by atoms with van der Waals surface area (Å²) in [6.07, 6.45) is 4.70. The Balaban J connectivity index is 1.87. The minimum absolute atomic E-state index is 0.0537. The third-order valence-corrected chi connectivity index (χ3v) is 3.71. The van der Waals surface area contributed by atoms with Crippen LogP contribution in [0.5, 0.6) is 0 Å². The van der Waals surface area contributed by atoms with Gasteiger partial charge in [0.15, 0.2) is 5.96 Å². The van der Waals surface area contributed by atoms with Crippen LogP contribution in [0.2, 0.25) is 0 Å². The molecule has 0 saturated carbocycles. The van der Waals surface area contributed by atoms with Crippen LogP contribution in [-0.2, 0) is 13.1 Å². The maximum Gasteiger partial charge on any atom is 0.251 e. The summed E-state index contributed by atoms with van der Waals surface area (Å²) in [5.74, 6) is 0.721. The lowest BCUT2D eigenvalue weighted by Crippen LogP contribution is -2.38. The fourth-order valence-electron chi connectivity index (χ4n) is 2.47. The summed E-state index contributed by atoms with van der Waals surface area (Å²) >= 11 is 0. The number of rotatable bonds is 9. The summed E-state index contributed by atoms with van der Waals surface area (Å²) in [5.41, 5.74) is 1.67. The Bertz CT molecular complexity index is 696. The van der Waals surface area contributed by atoms with Crippen LogP contribution in [0.4, 0.5) is 0 Å². The van der Waals surface area contributed by atoms with Gasteiger partial charge in [0, 0.05) is 44.1 Å². The first kappa shape index (κ1) is 19.5. The van der Waals surface area contributed by atoms with E-state index in [0.29, 0.717) is 18.7 Å². The quantitative estimate of drug-likeness (QED) is 0.363. The number of guanidine groups is 1. The Morgan fingerprint density at radius 2 is 2.00 bits per heavy atom. The second-order valence-electron chi connectivity index (χ2n) is 5.80. The molecule has 0 saturated heterocycles. The van der Waals surface area contributed by atoms with Crippen molar-refractivity contribution in [1.29, 1.82) is 0 Å². The normalized spacial score (nSPS) is 11.2. The Morgan fingerprint density at radius 3 is 2.73 bits per heavy atom. The van der Waals surface area contributed by atoms with E-state index in [1.165, 1.54) is 0 Å². The van der Waals surface area contributed by atoms with Crippen LogP contribution >= 0.6 is 0 Å². The minimum Gasteiger partial charge on any atom is -0.357 e. The summed E-state index contributed by atoms with van der Waals surface area (Å²) in [4.78, 5) is 16.5. The first-order valence-corrected chi connectivity index (χ1v) is 9.09. The number of aryl methyl sites for hydroxylation is 1. The molecule has 7 nitrogen and oxygen atoms in total. The molecule has 0 aliphatic heterocycles. The maximum absolute atomic E-state index is 11.9. The van der Waals surface area contributed by atoms with E-state index in [1.807, 2.05) is 55.1 Å². The number of nitrogens with zero attached hydrogens (tertiary/aromatic N) is 3. The van der Waals surface area contributed by atoms with Crippen molar-refractivity contribution in [3.63, 3.8) is 0 Å². The molecule has 1 heterocycles. The van der Waals surface area contributed by atoms with E-state index < -0.39 is 0 Å². The molecule has 1 aromatic carbocycles. The van der Waals surface area contributed by atoms with Gasteiger partial charge in [-0.1, -0.05) is 12.1 Å². The van der Waals surface area contributed by atoms with E-state index >= 15 is 0 Å². The van der Waals surface area contributed by atoms with Gasteiger partial charge in [-0.3, -0.25) is 9.48 Å². The van der Waals surface area contributed by atoms with Gasteiger partial charge in [-0.05, 0) is 44.0 Å². The van der Waals surface area contributed by atoms with E-state index in [1.54, 1.807) is 6.20 Å². The van der Waals surface area contributed by atoms with Crippen molar-refractivity contribution in [3.8, 4) is 0 Å². The van der Waals surface area contributed by atoms with Crippen molar-refractivity contribution in [2.75, 3.05) is 19.6 Å². The van der Waals surface area contributed by atoms with Crippen molar-refractivity contribution in [2.45, 2.75) is 33.4 Å². The summed E-state index contributed by atoms with van der Waals surface area (Å²) in [7, 11) is 0. The first-order valence-electron chi connectivity index (χ1n) is 9.09. The highest BCUT2D eigenvalue weighted by molar-refractivity contribution is 5.94. The SMILES string of the molecule is CCNC(=O)c1cccc(CN=C(NCC)NCCCn2cccn2)c1. The highest BCUT2D eigenvalue weighted by Crippen LogP contribution is 2.06. The summed E-state index contributed by atoms with van der Waals surface area (Å²) in [5, 5.41) is 13.6. The Labute approximate surface area is 154 Å². The average molecular weight is 356 g/mol. The summed E-state index contributed by atoms with van der Waals surface area (Å²) < 4.78 is 1.92. The number of hydrogen-bond acceptors (Lipinski definition) is 3. The topological polar surface area (TPSA) is 83.3 Å². The van der Waals surface area contributed by atoms with E-state index in [2.05, 4.69) is 26.0 Å². The van der Waals surface area contributed by atoms with Gasteiger partial charge in [0.25, 0.3) is 5.91 Å². The maximum atomic E-state index is 11.9. The Hall–Kier alpha value is -2.83. The Morgan fingerprint density at radius 1 is 1.15 bits per heavy atom. The van der Waals surface area contributed by atoms with Gasteiger partial charge in [-0.15, -0.1) is 0 Å². The van der Waals surface area contributed by atoms with Gasteiger partial charge < -0.3 is 16.0 Å². The average Bonchev–Trinajstić information content (AvgIpc) is 3.17. The molecule has 7 heteroatoms. The van der Waals surface area contributed by atoms with E-state index in [0.717, 1.165) is 37.6 Å². The minimum atomic E-state index is -0.0537. The molecule has 3 N–H and O–H groups in total. The smallest absolute Gasteiger partial charge is 0.251 e. The molecule has 0 fully saturated rings. The molecule has 0 unspecified atom stereocenters. The third kappa shape index (κ3) is 6.58. The molecule has 140 valence electrons. The predicted octanol–water partition coefficient (Wildman–Crippen LogP) is 1.78. The van der Waals surface area contributed by atoms with Crippen LogP contribution in [0.15, 0.2) is 47.7 Å². The zero-order valence-electron chi connectivity index (χ0n) is 15.5. The number of benzene rings is 1. The van der Waals surface area contributed by atoms with E-state index in [-0.39, 0.29) is 5.91 Å². The number of nitrogens with one attached hydrogen (secondary N) is 3. The molecule has 0 bridgehead atoms. The van der Waals surface area contributed by atoms with Crippen LogP contribution in [0.25, 0.3) is 0 Å². The number of hydrogen-bond donors (Lipinski definition) is 3. The van der Waals surface area contributed by atoms with Crippen LogP contribution in [0, 0.1) is 0 Å². The van der Waals surface area contributed by atoms with Gasteiger partial charge in [0.05, 0.1) is 6.54 Å². The second-order valence-corrected chi connectivity index (χ2v) is 5.80. The first-order chi connectivity index (χ1) is 12.7. The second kappa shape index (κ2) is 10.9. The van der Waals surface area contributed by atoms with Crippen LogP contribution in [-0.4, -0.2) is 41.3 Å². The lowest BCUT2D eigenvalue weighted by Gasteiger charge is -2.11. The molecule has 0 atom stereocenters. The summed E-state index contributed by atoms with van der Waals surface area (Å²) in [6, 6.07) is 9.49. The predicted molar refractivity (Wildman–Crippen MR) is 104 cm³/mol. The molecule has 0 aliphatic carbocycles. The molecular weight excluding hydrogens is 328 g/mol. The lowest BCUT2D eigenvalue weighted by atomic mass is 10.1. The van der Waals surface area contributed by atoms with Gasteiger partial charge in [0.1, 0.15) is 0 Å². The van der Waals surface area contributed by atoms with Gasteiger partial charge in [-0.25, -0.2) is 4.99 Å². The molecule has 0 spiro atoms. The molecule has 1 amide bonds. The largest absolute Gasteiger partial charge is 0.357 e. The zero-order chi connectivity index (χ0) is 18.6. The molecule has 1 aromatic heterocycles. The monoisotopic (exact) mass is 356 g/mol. The van der Waals surface area contributed by atoms with E-state index in [4.69, 9.17) is 0 Å². The fourth-order valence-corrected chi connectivity index (χ4v) is 2.47. The Kier molecular flexibility index (Phi) is 8.18. The molecular formula is C19H28N6O.